The molecule has 2 nitrogen and oxygen atoms in total. The molecule has 1 saturated carbocycles. The van der Waals surface area contributed by atoms with Crippen LogP contribution in [-0.2, 0) is 12.7 Å². The Morgan fingerprint density at radius 2 is 2.05 bits per heavy atom. The number of benzene rings is 1. The molecule has 5 heteroatoms. The molecule has 1 aliphatic carbocycles. The lowest BCUT2D eigenvalue weighted by atomic mass is 10.1. The molecule has 1 fully saturated rings. The zero-order chi connectivity index (χ0) is 14.0. The van der Waals surface area contributed by atoms with Gasteiger partial charge < -0.3 is 11.1 Å². The van der Waals surface area contributed by atoms with Crippen LogP contribution in [0.4, 0.5) is 18.9 Å². The lowest BCUT2D eigenvalue weighted by Crippen LogP contribution is -2.17. The third-order valence-corrected chi connectivity index (χ3v) is 3.70. The van der Waals surface area contributed by atoms with E-state index in [0.29, 0.717) is 11.6 Å². The van der Waals surface area contributed by atoms with Gasteiger partial charge in [0.2, 0.25) is 0 Å². The van der Waals surface area contributed by atoms with E-state index in [1.165, 1.54) is 12.1 Å². The van der Waals surface area contributed by atoms with Crippen LogP contribution >= 0.6 is 0 Å². The average molecular weight is 272 g/mol. The third kappa shape index (κ3) is 3.41. The smallest absolute Gasteiger partial charge is 0.382 e. The van der Waals surface area contributed by atoms with Crippen molar-refractivity contribution >= 4 is 5.69 Å². The van der Waals surface area contributed by atoms with Gasteiger partial charge in [-0.05, 0) is 42.9 Å². The maximum Gasteiger partial charge on any atom is 0.416 e. The van der Waals surface area contributed by atoms with Crippen LogP contribution in [-0.4, -0.2) is 6.04 Å². The zero-order valence-electron chi connectivity index (χ0n) is 10.9. The van der Waals surface area contributed by atoms with Gasteiger partial charge >= 0.3 is 6.18 Å². The molecule has 1 aromatic rings. The highest BCUT2D eigenvalue weighted by atomic mass is 19.4. The molecule has 1 aromatic carbocycles. The Labute approximate surface area is 111 Å². The van der Waals surface area contributed by atoms with E-state index in [9.17, 15) is 13.2 Å². The summed E-state index contributed by atoms with van der Waals surface area (Å²) in [5, 5.41) is 3.19. The predicted molar refractivity (Wildman–Crippen MR) is 69.8 cm³/mol. The monoisotopic (exact) mass is 272 g/mol. The summed E-state index contributed by atoms with van der Waals surface area (Å²) in [6, 6.07) is 4.59. The summed E-state index contributed by atoms with van der Waals surface area (Å²) in [5.41, 5.74) is 5.39. The first kappa shape index (κ1) is 14.2. The second kappa shape index (κ2) is 5.41. The molecular weight excluding hydrogens is 253 g/mol. The van der Waals surface area contributed by atoms with Gasteiger partial charge in [0, 0.05) is 18.3 Å². The highest BCUT2D eigenvalue weighted by Gasteiger charge is 2.33. The normalized spacial score (nSPS) is 23.6. The molecule has 2 rings (SSSR count). The van der Waals surface area contributed by atoms with Crippen molar-refractivity contribution < 1.29 is 13.2 Å². The van der Waals surface area contributed by atoms with Gasteiger partial charge in [0.1, 0.15) is 0 Å². The van der Waals surface area contributed by atoms with Gasteiger partial charge in [-0.25, -0.2) is 0 Å². The Hall–Kier alpha value is -1.23. The summed E-state index contributed by atoms with van der Waals surface area (Å²) >= 11 is 0. The Morgan fingerprint density at radius 1 is 1.32 bits per heavy atom. The predicted octanol–water partition coefficient (Wildman–Crippen LogP) is 3.76. The highest BCUT2D eigenvalue weighted by Crippen LogP contribution is 2.35. The number of nitrogens with one attached hydrogen (secondary N) is 1. The summed E-state index contributed by atoms with van der Waals surface area (Å²) < 4.78 is 38.7. The van der Waals surface area contributed by atoms with Crippen molar-refractivity contribution in [3.05, 3.63) is 29.3 Å². The fourth-order valence-corrected chi connectivity index (χ4v) is 2.68. The lowest BCUT2D eigenvalue weighted by Gasteiger charge is -2.17. The second-order valence-corrected chi connectivity index (χ2v) is 5.33. The first-order chi connectivity index (χ1) is 8.90. The maximum absolute atomic E-state index is 12.9. The molecule has 0 aliphatic heterocycles. The quantitative estimate of drug-likeness (QED) is 0.879. The molecule has 0 saturated heterocycles. The molecule has 0 heterocycles. The average Bonchev–Trinajstić information content (AvgIpc) is 2.73. The SMILES string of the molecule is CC1CCC(Nc2ccc(CN)c(C(F)(F)F)c2)C1. The number of hydrogen-bond acceptors (Lipinski definition) is 2. The van der Waals surface area contributed by atoms with Gasteiger partial charge in [-0.1, -0.05) is 13.0 Å². The molecule has 0 radical (unpaired) electrons. The summed E-state index contributed by atoms with van der Waals surface area (Å²) in [6.07, 6.45) is -1.19. The third-order valence-electron chi connectivity index (χ3n) is 3.70. The van der Waals surface area contributed by atoms with E-state index in [1.54, 1.807) is 6.07 Å². The van der Waals surface area contributed by atoms with Crippen LogP contribution in [0, 0.1) is 5.92 Å². The minimum absolute atomic E-state index is 0.102. The number of rotatable bonds is 3. The molecule has 0 bridgehead atoms. The Kier molecular flexibility index (Phi) is 4.04. The van der Waals surface area contributed by atoms with Crippen LogP contribution in [0.2, 0.25) is 0 Å². The molecule has 3 N–H and O–H groups in total. The van der Waals surface area contributed by atoms with Gasteiger partial charge in [0.05, 0.1) is 5.56 Å². The molecule has 106 valence electrons. The number of anilines is 1. The molecule has 2 unspecified atom stereocenters. The van der Waals surface area contributed by atoms with E-state index in [4.69, 9.17) is 5.73 Å². The van der Waals surface area contributed by atoms with E-state index < -0.39 is 11.7 Å². The maximum atomic E-state index is 12.9. The van der Waals surface area contributed by atoms with Crippen LogP contribution < -0.4 is 11.1 Å². The Morgan fingerprint density at radius 3 is 2.58 bits per heavy atom. The fourth-order valence-electron chi connectivity index (χ4n) is 2.68. The van der Waals surface area contributed by atoms with Crippen LogP contribution in [0.5, 0.6) is 0 Å². The van der Waals surface area contributed by atoms with Crippen LogP contribution in [0.1, 0.15) is 37.3 Å². The van der Waals surface area contributed by atoms with Gasteiger partial charge in [0.15, 0.2) is 0 Å². The van der Waals surface area contributed by atoms with Crippen molar-refractivity contribution in [2.45, 2.75) is 44.9 Å². The number of halogens is 3. The molecule has 0 spiro atoms. The van der Waals surface area contributed by atoms with Crippen molar-refractivity contribution in [1.82, 2.24) is 0 Å². The van der Waals surface area contributed by atoms with Crippen molar-refractivity contribution in [2.24, 2.45) is 11.7 Å². The summed E-state index contributed by atoms with van der Waals surface area (Å²) in [5.74, 6) is 0.642. The summed E-state index contributed by atoms with van der Waals surface area (Å²) in [4.78, 5) is 0. The van der Waals surface area contributed by atoms with E-state index in [0.717, 1.165) is 19.3 Å². The number of hydrogen-bond donors (Lipinski definition) is 2. The van der Waals surface area contributed by atoms with Gasteiger partial charge in [-0.3, -0.25) is 0 Å². The first-order valence-corrected chi connectivity index (χ1v) is 6.57. The highest BCUT2D eigenvalue weighted by molar-refractivity contribution is 5.50. The molecule has 2 atom stereocenters. The summed E-state index contributed by atoms with van der Waals surface area (Å²) in [6.45, 7) is 2.07. The second-order valence-electron chi connectivity index (χ2n) is 5.33. The van der Waals surface area contributed by atoms with E-state index in [1.807, 2.05) is 0 Å². The van der Waals surface area contributed by atoms with Gasteiger partial charge in [-0.15, -0.1) is 0 Å². The minimum atomic E-state index is -4.35. The van der Waals surface area contributed by atoms with E-state index >= 15 is 0 Å². The van der Waals surface area contributed by atoms with Crippen molar-refractivity contribution in [3.8, 4) is 0 Å². The summed E-state index contributed by atoms with van der Waals surface area (Å²) in [7, 11) is 0. The largest absolute Gasteiger partial charge is 0.416 e. The number of nitrogens with two attached hydrogens (primary N) is 1. The minimum Gasteiger partial charge on any atom is -0.382 e. The van der Waals surface area contributed by atoms with E-state index in [-0.39, 0.29) is 18.2 Å². The van der Waals surface area contributed by atoms with Crippen LogP contribution in [0.25, 0.3) is 0 Å². The molecular formula is C14H19F3N2. The number of alkyl halides is 3. The van der Waals surface area contributed by atoms with E-state index in [2.05, 4.69) is 12.2 Å². The van der Waals surface area contributed by atoms with Gasteiger partial charge in [0.25, 0.3) is 0 Å². The van der Waals surface area contributed by atoms with Crippen molar-refractivity contribution in [2.75, 3.05) is 5.32 Å². The van der Waals surface area contributed by atoms with Crippen molar-refractivity contribution in [1.29, 1.82) is 0 Å². The fraction of sp³-hybridized carbons (Fsp3) is 0.571. The Bertz CT molecular complexity index is 443. The molecule has 0 amide bonds. The van der Waals surface area contributed by atoms with Crippen LogP contribution in [0.15, 0.2) is 18.2 Å². The molecule has 0 aromatic heterocycles. The topological polar surface area (TPSA) is 38.0 Å². The Balaban J connectivity index is 2.18. The van der Waals surface area contributed by atoms with Gasteiger partial charge in [-0.2, -0.15) is 13.2 Å². The first-order valence-electron chi connectivity index (χ1n) is 6.57. The molecule has 1 aliphatic rings. The zero-order valence-corrected chi connectivity index (χ0v) is 10.9. The molecule has 19 heavy (non-hydrogen) atoms. The standard InChI is InChI=1S/C14H19F3N2/c1-9-2-4-11(6-9)19-12-5-3-10(8-18)13(7-12)14(15,16)17/h3,5,7,9,11,19H,2,4,6,8,18H2,1H3. The van der Waals surface area contributed by atoms with Crippen molar-refractivity contribution in [3.63, 3.8) is 0 Å². The van der Waals surface area contributed by atoms with Crippen LogP contribution in [0.3, 0.4) is 0 Å². The lowest BCUT2D eigenvalue weighted by molar-refractivity contribution is -0.138.